The van der Waals surface area contributed by atoms with Crippen LogP contribution in [0.25, 0.3) is 11.3 Å². The van der Waals surface area contributed by atoms with Crippen LogP contribution in [0.2, 0.25) is 0 Å². The molecule has 134 valence electrons. The summed E-state index contributed by atoms with van der Waals surface area (Å²) in [7, 11) is -3.75. The number of hydrogen-bond acceptors (Lipinski definition) is 5. The van der Waals surface area contributed by atoms with Crippen LogP contribution in [0.5, 0.6) is 0 Å². The highest BCUT2D eigenvalue weighted by atomic mass is 32.2. The Morgan fingerprint density at radius 3 is 2.42 bits per heavy atom. The first-order valence-corrected chi connectivity index (χ1v) is 10.1. The number of carboxylic acid groups (broad SMARTS) is 1. The van der Waals surface area contributed by atoms with E-state index >= 15 is 0 Å². The molecule has 0 unspecified atom stereocenters. The molecule has 0 amide bonds. The van der Waals surface area contributed by atoms with E-state index in [1.807, 2.05) is 30.3 Å². The molecule has 0 aliphatic heterocycles. The summed E-state index contributed by atoms with van der Waals surface area (Å²) in [4.78, 5) is 15.0. The van der Waals surface area contributed by atoms with Crippen molar-refractivity contribution < 1.29 is 18.3 Å². The van der Waals surface area contributed by atoms with Gasteiger partial charge in [0, 0.05) is 17.4 Å². The second kappa shape index (κ2) is 7.67. The molecule has 0 aliphatic carbocycles. The average molecular weight is 388 g/mol. The quantitative estimate of drug-likeness (QED) is 0.644. The summed E-state index contributed by atoms with van der Waals surface area (Å²) in [5.74, 6) is -0.888. The number of benzene rings is 2. The van der Waals surface area contributed by atoms with Crippen molar-refractivity contribution in [3.05, 3.63) is 65.5 Å². The van der Waals surface area contributed by atoms with Crippen LogP contribution >= 0.6 is 11.3 Å². The monoisotopic (exact) mass is 388 g/mol. The summed E-state index contributed by atoms with van der Waals surface area (Å²) in [5, 5.41) is 10.8. The van der Waals surface area contributed by atoms with Gasteiger partial charge in [0.15, 0.2) is 5.13 Å². The second-order valence-electron chi connectivity index (χ2n) is 5.55. The van der Waals surface area contributed by atoms with E-state index in [-0.39, 0.29) is 11.3 Å². The lowest BCUT2D eigenvalue weighted by Gasteiger charge is -2.06. The molecule has 0 bridgehead atoms. The molecule has 3 rings (SSSR count). The van der Waals surface area contributed by atoms with Gasteiger partial charge in [-0.05, 0) is 24.1 Å². The standard InChI is InChI=1S/C18H16N2O4S2/c21-17(22)11-8-13-6-9-15(10-7-13)26(23,24)20-18-19-16(12-25-18)14-4-2-1-3-5-14/h1-7,9-10,12H,8,11H2,(H,19,20)(H,21,22). The largest absolute Gasteiger partial charge is 0.481 e. The Labute approximate surface area is 155 Å². The van der Waals surface area contributed by atoms with Crippen molar-refractivity contribution in [1.82, 2.24) is 4.98 Å². The summed E-state index contributed by atoms with van der Waals surface area (Å²) in [5.41, 5.74) is 2.39. The molecule has 0 spiro atoms. The lowest BCUT2D eigenvalue weighted by atomic mass is 10.1. The van der Waals surface area contributed by atoms with E-state index in [0.717, 1.165) is 11.1 Å². The topological polar surface area (TPSA) is 96.4 Å². The molecule has 1 heterocycles. The molecule has 0 aliphatic rings. The summed E-state index contributed by atoms with van der Waals surface area (Å²) in [6, 6.07) is 15.7. The van der Waals surface area contributed by atoms with Crippen LogP contribution in [0.1, 0.15) is 12.0 Å². The van der Waals surface area contributed by atoms with E-state index in [4.69, 9.17) is 5.11 Å². The Bertz CT molecular complexity index is 997. The highest BCUT2D eigenvalue weighted by molar-refractivity contribution is 7.93. The van der Waals surface area contributed by atoms with E-state index in [2.05, 4.69) is 9.71 Å². The molecule has 0 saturated carbocycles. The summed E-state index contributed by atoms with van der Waals surface area (Å²) in [6.45, 7) is 0. The van der Waals surface area contributed by atoms with Crippen LogP contribution in [-0.4, -0.2) is 24.5 Å². The fourth-order valence-corrected chi connectivity index (χ4v) is 4.29. The number of nitrogens with one attached hydrogen (secondary N) is 1. The zero-order valence-corrected chi connectivity index (χ0v) is 15.3. The molecule has 0 fully saturated rings. The molecule has 1 aromatic heterocycles. The van der Waals surface area contributed by atoms with Crippen LogP contribution < -0.4 is 4.72 Å². The molecule has 2 aromatic carbocycles. The van der Waals surface area contributed by atoms with E-state index in [0.29, 0.717) is 17.2 Å². The molecular weight excluding hydrogens is 372 g/mol. The van der Waals surface area contributed by atoms with Gasteiger partial charge in [-0.15, -0.1) is 11.3 Å². The van der Waals surface area contributed by atoms with E-state index in [9.17, 15) is 13.2 Å². The van der Waals surface area contributed by atoms with Gasteiger partial charge in [-0.25, -0.2) is 13.4 Å². The van der Waals surface area contributed by atoms with Crippen molar-refractivity contribution in [3.8, 4) is 11.3 Å². The third-order valence-corrected chi connectivity index (χ3v) is 5.90. The summed E-state index contributed by atoms with van der Waals surface area (Å²) in [6.07, 6.45) is 0.363. The zero-order valence-electron chi connectivity index (χ0n) is 13.6. The highest BCUT2D eigenvalue weighted by Gasteiger charge is 2.16. The minimum atomic E-state index is -3.75. The molecule has 2 N–H and O–H groups in total. The number of aliphatic carboxylic acids is 1. The van der Waals surface area contributed by atoms with E-state index in [1.165, 1.54) is 23.5 Å². The van der Waals surface area contributed by atoms with Crippen LogP contribution in [0, 0.1) is 0 Å². The van der Waals surface area contributed by atoms with Crippen molar-refractivity contribution in [3.63, 3.8) is 0 Å². The molecule has 6 nitrogen and oxygen atoms in total. The van der Waals surface area contributed by atoms with Crippen molar-refractivity contribution in [2.24, 2.45) is 0 Å². The van der Waals surface area contributed by atoms with Gasteiger partial charge in [-0.2, -0.15) is 0 Å². The number of sulfonamides is 1. The predicted molar refractivity (Wildman–Crippen MR) is 101 cm³/mol. The molecule has 3 aromatic rings. The third kappa shape index (κ3) is 4.47. The SMILES string of the molecule is O=C(O)CCc1ccc(S(=O)(=O)Nc2nc(-c3ccccc3)cs2)cc1. The molecule has 0 radical (unpaired) electrons. The Kier molecular flexibility index (Phi) is 5.34. The number of hydrogen-bond donors (Lipinski definition) is 2. The maximum absolute atomic E-state index is 12.5. The van der Waals surface area contributed by atoms with Crippen LogP contribution in [0.15, 0.2) is 64.9 Å². The molecular formula is C18H16N2O4S2. The zero-order chi connectivity index (χ0) is 18.6. The van der Waals surface area contributed by atoms with Crippen LogP contribution in [0.3, 0.4) is 0 Å². The van der Waals surface area contributed by atoms with Crippen molar-refractivity contribution in [2.75, 3.05) is 4.72 Å². The highest BCUT2D eigenvalue weighted by Crippen LogP contribution is 2.26. The molecule has 0 atom stereocenters. The van der Waals surface area contributed by atoms with Crippen molar-refractivity contribution in [2.45, 2.75) is 17.7 Å². The van der Waals surface area contributed by atoms with Gasteiger partial charge in [-0.3, -0.25) is 9.52 Å². The van der Waals surface area contributed by atoms with Gasteiger partial charge in [0.25, 0.3) is 10.0 Å². The lowest BCUT2D eigenvalue weighted by molar-refractivity contribution is -0.136. The second-order valence-corrected chi connectivity index (χ2v) is 8.09. The summed E-state index contributed by atoms with van der Waals surface area (Å²) < 4.78 is 27.5. The number of aryl methyl sites for hydroxylation is 1. The van der Waals surface area contributed by atoms with E-state index < -0.39 is 16.0 Å². The minimum absolute atomic E-state index is 0.00568. The Balaban J connectivity index is 1.73. The third-order valence-electron chi connectivity index (χ3n) is 3.66. The van der Waals surface area contributed by atoms with Crippen molar-refractivity contribution >= 4 is 32.5 Å². The number of rotatable bonds is 7. The maximum atomic E-state index is 12.5. The molecule has 0 saturated heterocycles. The Morgan fingerprint density at radius 1 is 1.08 bits per heavy atom. The van der Waals surface area contributed by atoms with Crippen molar-refractivity contribution in [1.29, 1.82) is 0 Å². The fourth-order valence-electron chi connectivity index (χ4n) is 2.32. The predicted octanol–water partition coefficient (Wildman–Crippen LogP) is 3.63. The van der Waals surface area contributed by atoms with Crippen LogP contribution in [0.4, 0.5) is 5.13 Å². The number of nitrogens with zero attached hydrogens (tertiary/aromatic N) is 1. The van der Waals surface area contributed by atoms with E-state index in [1.54, 1.807) is 17.5 Å². The van der Waals surface area contributed by atoms with Gasteiger partial charge in [0.2, 0.25) is 0 Å². The minimum Gasteiger partial charge on any atom is -0.481 e. The first-order chi connectivity index (χ1) is 12.4. The number of carbonyl (C=O) groups is 1. The Hall–Kier alpha value is -2.71. The number of aromatic nitrogens is 1. The number of anilines is 1. The summed E-state index contributed by atoms with van der Waals surface area (Å²) >= 11 is 1.21. The smallest absolute Gasteiger partial charge is 0.303 e. The Morgan fingerprint density at radius 2 is 1.77 bits per heavy atom. The normalized spacial score (nSPS) is 11.2. The molecule has 8 heteroatoms. The van der Waals surface area contributed by atoms with Gasteiger partial charge >= 0.3 is 5.97 Å². The average Bonchev–Trinajstić information content (AvgIpc) is 3.09. The first kappa shape index (κ1) is 18.1. The molecule has 26 heavy (non-hydrogen) atoms. The van der Waals surface area contributed by atoms with Gasteiger partial charge in [0.05, 0.1) is 10.6 Å². The number of thiazole rings is 1. The first-order valence-electron chi connectivity index (χ1n) is 7.78. The number of carboxylic acids is 1. The lowest BCUT2D eigenvalue weighted by Crippen LogP contribution is -2.12. The van der Waals surface area contributed by atoms with Gasteiger partial charge in [-0.1, -0.05) is 42.5 Å². The maximum Gasteiger partial charge on any atom is 0.303 e. The fraction of sp³-hybridized carbons (Fsp3) is 0.111. The van der Waals surface area contributed by atoms with Crippen LogP contribution in [-0.2, 0) is 21.2 Å². The van der Waals surface area contributed by atoms with Gasteiger partial charge in [0.1, 0.15) is 0 Å². The van der Waals surface area contributed by atoms with Gasteiger partial charge < -0.3 is 5.11 Å².